The highest BCUT2D eigenvalue weighted by Gasteiger charge is 2.21. The minimum Gasteiger partial charge on any atom is -0.496 e. The number of methoxy groups -OCH3 is 1. The highest BCUT2D eigenvalue weighted by atomic mass is 35.5. The lowest BCUT2D eigenvalue weighted by Crippen LogP contribution is -2.16. The van der Waals surface area contributed by atoms with Gasteiger partial charge in [0.25, 0.3) is 0 Å². The Morgan fingerprint density at radius 2 is 1.74 bits per heavy atom. The Labute approximate surface area is 118 Å². The SMILES string of the molecule is COc1cc(Cl)ccc1-c1ccccc1C(C)(C)O. The Morgan fingerprint density at radius 3 is 2.37 bits per heavy atom. The van der Waals surface area contributed by atoms with E-state index in [9.17, 15) is 5.11 Å². The third-order valence-electron chi connectivity index (χ3n) is 3.04. The molecule has 0 bridgehead atoms. The lowest BCUT2D eigenvalue weighted by atomic mass is 9.89. The molecule has 0 aromatic heterocycles. The quantitative estimate of drug-likeness (QED) is 0.908. The first kappa shape index (κ1) is 13.9. The minimum atomic E-state index is -0.915. The van der Waals surface area contributed by atoms with Gasteiger partial charge < -0.3 is 9.84 Å². The molecule has 0 atom stereocenters. The molecule has 100 valence electrons. The zero-order valence-electron chi connectivity index (χ0n) is 11.3. The first-order valence-corrected chi connectivity index (χ1v) is 6.47. The highest BCUT2D eigenvalue weighted by molar-refractivity contribution is 6.30. The van der Waals surface area contributed by atoms with E-state index in [1.54, 1.807) is 27.0 Å². The summed E-state index contributed by atoms with van der Waals surface area (Å²) in [5, 5.41) is 10.9. The van der Waals surface area contributed by atoms with Crippen LogP contribution in [0.4, 0.5) is 0 Å². The Morgan fingerprint density at radius 1 is 1.05 bits per heavy atom. The number of hydrogen-bond acceptors (Lipinski definition) is 2. The number of aliphatic hydroxyl groups is 1. The Bertz CT molecular complexity index is 586. The average molecular weight is 277 g/mol. The second kappa shape index (κ2) is 5.24. The van der Waals surface area contributed by atoms with Gasteiger partial charge in [0.1, 0.15) is 5.75 Å². The summed E-state index contributed by atoms with van der Waals surface area (Å²) in [4.78, 5) is 0. The van der Waals surface area contributed by atoms with Gasteiger partial charge in [-0.3, -0.25) is 0 Å². The van der Waals surface area contributed by atoms with Gasteiger partial charge in [-0.1, -0.05) is 35.9 Å². The van der Waals surface area contributed by atoms with Crippen LogP contribution in [0.2, 0.25) is 5.02 Å². The molecule has 0 heterocycles. The van der Waals surface area contributed by atoms with E-state index in [1.807, 2.05) is 36.4 Å². The van der Waals surface area contributed by atoms with Crippen LogP contribution in [-0.4, -0.2) is 12.2 Å². The van der Waals surface area contributed by atoms with Crippen molar-refractivity contribution in [1.82, 2.24) is 0 Å². The van der Waals surface area contributed by atoms with Crippen LogP contribution < -0.4 is 4.74 Å². The predicted octanol–water partition coefficient (Wildman–Crippen LogP) is 4.24. The summed E-state index contributed by atoms with van der Waals surface area (Å²) < 4.78 is 5.38. The lowest BCUT2D eigenvalue weighted by Gasteiger charge is -2.22. The van der Waals surface area contributed by atoms with Gasteiger partial charge in [0.05, 0.1) is 12.7 Å². The third kappa shape index (κ3) is 2.91. The predicted molar refractivity (Wildman–Crippen MR) is 78.7 cm³/mol. The molecule has 0 amide bonds. The fraction of sp³-hybridized carbons (Fsp3) is 0.250. The van der Waals surface area contributed by atoms with E-state index in [2.05, 4.69) is 0 Å². The van der Waals surface area contributed by atoms with Crippen molar-refractivity contribution in [2.75, 3.05) is 7.11 Å². The monoisotopic (exact) mass is 276 g/mol. The molecule has 2 rings (SSSR count). The van der Waals surface area contributed by atoms with E-state index in [0.29, 0.717) is 10.8 Å². The average Bonchev–Trinajstić information content (AvgIpc) is 2.37. The molecule has 0 unspecified atom stereocenters. The van der Waals surface area contributed by atoms with Crippen molar-refractivity contribution in [3.8, 4) is 16.9 Å². The fourth-order valence-electron chi connectivity index (χ4n) is 2.14. The molecule has 0 saturated heterocycles. The van der Waals surface area contributed by atoms with Gasteiger partial charge in [0, 0.05) is 10.6 Å². The van der Waals surface area contributed by atoms with Gasteiger partial charge in [0.15, 0.2) is 0 Å². The molecular weight excluding hydrogens is 260 g/mol. The van der Waals surface area contributed by atoms with Crippen molar-refractivity contribution in [3.05, 3.63) is 53.1 Å². The van der Waals surface area contributed by atoms with E-state index in [1.165, 1.54) is 0 Å². The largest absolute Gasteiger partial charge is 0.496 e. The van der Waals surface area contributed by atoms with Crippen molar-refractivity contribution >= 4 is 11.6 Å². The van der Waals surface area contributed by atoms with Crippen molar-refractivity contribution < 1.29 is 9.84 Å². The van der Waals surface area contributed by atoms with Gasteiger partial charge in [-0.05, 0) is 43.2 Å². The van der Waals surface area contributed by atoms with Crippen LogP contribution in [0.5, 0.6) is 5.75 Å². The summed E-state index contributed by atoms with van der Waals surface area (Å²) in [6.07, 6.45) is 0. The molecule has 3 heteroatoms. The summed E-state index contributed by atoms with van der Waals surface area (Å²) >= 11 is 5.98. The summed E-state index contributed by atoms with van der Waals surface area (Å²) in [7, 11) is 1.61. The molecule has 0 aliphatic rings. The van der Waals surface area contributed by atoms with Gasteiger partial charge in [-0.2, -0.15) is 0 Å². The number of ether oxygens (including phenoxy) is 1. The third-order valence-corrected chi connectivity index (χ3v) is 3.28. The minimum absolute atomic E-state index is 0.626. The van der Waals surface area contributed by atoms with Crippen molar-refractivity contribution in [2.24, 2.45) is 0 Å². The summed E-state index contributed by atoms with van der Waals surface area (Å²) in [6, 6.07) is 13.3. The number of hydrogen-bond donors (Lipinski definition) is 1. The second-order valence-corrected chi connectivity index (χ2v) is 5.39. The van der Waals surface area contributed by atoms with Crippen LogP contribution in [0.3, 0.4) is 0 Å². The normalized spacial score (nSPS) is 11.4. The van der Waals surface area contributed by atoms with Gasteiger partial charge in [0.2, 0.25) is 0 Å². The van der Waals surface area contributed by atoms with E-state index in [-0.39, 0.29) is 0 Å². The molecular formula is C16H17ClO2. The molecule has 1 N–H and O–H groups in total. The van der Waals surface area contributed by atoms with Gasteiger partial charge >= 0.3 is 0 Å². The van der Waals surface area contributed by atoms with Crippen LogP contribution in [-0.2, 0) is 5.60 Å². The molecule has 19 heavy (non-hydrogen) atoms. The van der Waals surface area contributed by atoms with E-state index >= 15 is 0 Å². The van der Waals surface area contributed by atoms with Crippen LogP contribution in [0.25, 0.3) is 11.1 Å². The van der Waals surface area contributed by atoms with Crippen LogP contribution >= 0.6 is 11.6 Å². The van der Waals surface area contributed by atoms with E-state index in [0.717, 1.165) is 16.7 Å². The summed E-state index contributed by atoms with van der Waals surface area (Å²) in [5.41, 5.74) is 1.81. The maximum atomic E-state index is 10.3. The molecule has 0 fully saturated rings. The fourth-order valence-corrected chi connectivity index (χ4v) is 2.30. The topological polar surface area (TPSA) is 29.5 Å². The summed E-state index contributed by atoms with van der Waals surface area (Å²) in [6.45, 7) is 3.54. The number of halogens is 1. The van der Waals surface area contributed by atoms with E-state index < -0.39 is 5.60 Å². The van der Waals surface area contributed by atoms with E-state index in [4.69, 9.17) is 16.3 Å². The molecule has 0 aliphatic heterocycles. The Balaban J connectivity index is 2.66. The molecule has 0 saturated carbocycles. The molecule has 2 nitrogen and oxygen atoms in total. The van der Waals surface area contributed by atoms with Gasteiger partial charge in [-0.15, -0.1) is 0 Å². The molecule has 2 aromatic rings. The molecule has 0 aliphatic carbocycles. The zero-order valence-corrected chi connectivity index (χ0v) is 12.0. The highest BCUT2D eigenvalue weighted by Crippen LogP contribution is 2.37. The standard InChI is InChI=1S/C16H17ClO2/c1-16(2,18)14-7-5-4-6-12(14)13-9-8-11(17)10-15(13)19-3/h4-10,18H,1-3H3. The molecule has 2 aromatic carbocycles. The first-order valence-electron chi connectivity index (χ1n) is 6.09. The zero-order chi connectivity index (χ0) is 14.0. The second-order valence-electron chi connectivity index (χ2n) is 4.95. The maximum Gasteiger partial charge on any atom is 0.128 e. The van der Waals surface area contributed by atoms with Crippen molar-refractivity contribution in [3.63, 3.8) is 0 Å². The number of rotatable bonds is 3. The Kier molecular flexibility index (Phi) is 3.83. The van der Waals surface area contributed by atoms with Crippen LogP contribution in [0, 0.1) is 0 Å². The smallest absolute Gasteiger partial charge is 0.128 e. The summed E-state index contributed by atoms with van der Waals surface area (Å²) in [5.74, 6) is 0.698. The lowest BCUT2D eigenvalue weighted by molar-refractivity contribution is 0.0792. The molecule has 0 spiro atoms. The number of benzene rings is 2. The van der Waals surface area contributed by atoms with Crippen molar-refractivity contribution in [1.29, 1.82) is 0 Å². The van der Waals surface area contributed by atoms with Gasteiger partial charge in [-0.25, -0.2) is 0 Å². The first-order chi connectivity index (χ1) is 8.93. The Hall–Kier alpha value is -1.51. The maximum absolute atomic E-state index is 10.3. The van der Waals surface area contributed by atoms with Crippen LogP contribution in [0.15, 0.2) is 42.5 Å². The molecule has 0 radical (unpaired) electrons. The van der Waals surface area contributed by atoms with Crippen LogP contribution in [0.1, 0.15) is 19.4 Å². The van der Waals surface area contributed by atoms with Crippen molar-refractivity contribution in [2.45, 2.75) is 19.4 Å².